The molecule has 1 fully saturated rings. The standard InChI is InChI=1S/C26H32N4O/c1-19-18-27-26(17-24(19)28-20(2)21-10-6-4-7-11-21)29-23-13-12-22(16-25(23)31-3)30-14-8-5-9-15-30/h4,6-7,10-13,16-18,20H,5,8-9,14-15H2,1-3H3,(H2,27,28,29)/t20-/m0/s1. The average Bonchev–Trinajstić information content (AvgIpc) is 2.82. The number of benzene rings is 2. The SMILES string of the molecule is COc1cc(N2CCCCC2)ccc1Nc1cc(N[C@@H](C)c2ccccc2)c(C)cn1. The Morgan fingerprint density at radius 1 is 0.968 bits per heavy atom. The zero-order chi connectivity index (χ0) is 21.6. The highest BCUT2D eigenvalue weighted by atomic mass is 16.5. The number of aryl methyl sites for hydroxylation is 1. The Balaban J connectivity index is 1.52. The van der Waals surface area contributed by atoms with E-state index in [0.29, 0.717) is 0 Å². The van der Waals surface area contributed by atoms with Crippen molar-refractivity contribution in [1.82, 2.24) is 4.98 Å². The number of ether oxygens (including phenoxy) is 1. The molecule has 31 heavy (non-hydrogen) atoms. The normalized spacial score (nSPS) is 14.7. The second-order valence-electron chi connectivity index (χ2n) is 8.22. The van der Waals surface area contributed by atoms with Crippen LogP contribution in [0.3, 0.4) is 0 Å². The molecule has 0 bridgehead atoms. The van der Waals surface area contributed by atoms with Crippen LogP contribution in [0, 0.1) is 6.92 Å². The van der Waals surface area contributed by atoms with Gasteiger partial charge in [0.05, 0.1) is 12.8 Å². The first kappa shape index (κ1) is 21.0. The Hall–Kier alpha value is -3.21. The zero-order valence-corrected chi connectivity index (χ0v) is 18.7. The Bertz CT molecular complexity index is 1000. The van der Waals surface area contributed by atoms with Crippen molar-refractivity contribution >= 4 is 22.9 Å². The van der Waals surface area contributed by atoms with E-state index in [1.807, 2.05) is 12.3 Å². The van der Waals surface area contributed by atoms with E-state index < -0.39 is 0 Å². The Morgan fingerprint density at radius 2 is 1.74 bits per heavy atom. The second kappa shape index (κ2) is 9.73. The van der Waals surface area contributed by atoms with Crippen LogP contribution >= 0.6 is 0 Å². The third-order valence-electron chi connectivity index (χ3n) is 5.94. The number of aromatic nitrogens is 1. The van der Waals surface area contributed by atoms with Crippen molar-refractivity contribution in [2.24, 2.45) is 0 Å². The van der Waals surface area contributed by atoms with Gasteiger partial charge < -0.3 is 20.3 Å². The fraction of sp³-hybridized carbons (Fsp3) is 0.346. The van der Waals surface area contributed by atoms with Gasteiger partial charge in [0.2, 0.25) is 0 Å². The third kappa shape index (κ3) is 5.10. The number of nitrogens with one attached hydrogen (secondary N) is 2. The lowest BCUT2D eigenvalue weighted by molar-refractivity contribution is 0.416. The van der Waals surface area contributed by atoms with Crippen molar-refractivity contribution in [3.05, 3.63) is 71.9 Å². The summed E-state index contributed by atoms with van der Waals surface area (Å²) in [6.07, 6.45) is 5.74. The van der Waals surface area contributed by atoms with Gasteiger partial charge in [-0.1, -0.05) is 30.3 Å². The molecule has 0 radical (unpaired) electrons. The first-order valence-corrected chi connectivity index (χ1v) is 11.1. The van der Waals surface area contributed by atoms with Gasteiger partial charge in [0.1, 0.15) is 11.6 Å². The topological polar surface area (TPSA) is 49.4 Å². The number of anilines is 4. The molecule has 0 unspecified atom stereocenters. The van der Waals surface area contributed by atoms with Crippen LogP contribution in [0.4, 0.5) is 22.9 Å². The van der Waals surface area contributed by atoms with Crippen molar-refractivity contribution in [3.63, 3.8) is 0 Å². The minimum Gasteiger partial charge on any atom is -0.494 e. The summed E-state index contributed by atoms with van der Waals surface area (Å²) in [6.45, 7) is 6.48. The number of piperidine rings is 1. The maximum Gasteiger partial charge on any atom is 0.144 e. The van der Waals surface area contributed by atoms with Crippen molar-refractivity contribution < 1.29 is 4.74 Å². The summed E-state index contributed by atoms with van der Waals surface area (Å²) in [7, 11) is 1.72. The van der Waals surface area contributed by atoms with Crippen molar-refractivity contribution in [2.45, 2.75) is 39.2 Å². The Morgan fingerprint density at radius 3 is 2.48 bits per heavy atom. The van der Waals surface area contributed by atoms with Crippen LogP contribution in [-0.2, 0) is 0 Å². The molecular formula is C26H32N4O. The maximum absolute atomic E-state index is 5.69. The number of pyridine rings is 1. The van der Waals surface area contributed by atoms with Gasteiger partial charge in [-0.25, -0.2) is 4.98 Å². The molecule has 1 atom stereocenters. The summed E-state index contributed by atoms with van der Waals surface area (Å²) < 4.78 is 5.69. The van der Waals surface area contributed by atoms with Crippen LogP contribution in [0.1, 0.15) is 43.4 Å². The lowest BCUT2D eigenvalue weighted by Gasteiger charge is -2.29. The quantitative estimate of drug-likeness (QED) is 0.473. The van der Waals surface area contributed by atoms with Crippen LogP contribution < -0.4 is 20.3 Å². The molecule has 162 valence electrons. The van der Waals surface area contributed by atoms with Crippen LogP contribution in [0.25, 0.3) is 0 Å². The van der Waals surface area contributed by atoms with Gasteiger partial charge in [0.25, 0.3) is 0 Å². The molecule has 5 nitrogen and oxygen atoms in total. The van der Waals surface area contributed by atoms with Gasteiger partial charge in [0.15, 0.2) is 0 Å². The lowest BCUT2D eigenvalue weighted by Crippen LogP contribution is -2.29. The maximum atomic E-state index is 5.69. The highest BCUT2D eigenvalue weighted by molar-refractivity contribution is 5.71. The molecular weight excluding hydrogens is 384 g/mol. The van der Waals surface area contributed by atoms with E-state index in [1.54, 1.807) is 7.11 Å². The first-order chi connectivity index (χ1) is 15.1. The molecule has 2 aromatic carbocycles. The number of hydrogen-bond donors (Lipinski definition) is 2. The molecule has 3 aromatic rings. The molecule has 2 heterocycles. The van der Waals surface area contributed by atoms with Crippen LogP contribution in [0.5, 0.6) is 5.75 Å². The Kier molecular flexibility index (Phi) is 6.60. The summed E-state index contributed by atoms with van der Waals surface area (Å²) >= 11 is 0. The van der Waals surface area contributed by atoms with Gasteiger partial charge in [-0.05, 0) is 56.4 Å². The van der Waals surface area contributed by atoms with E-state index in [4.69, 9.17) is 4.74 Å². The predicted octanol–water partition coefficient (Wildman–Crippen LogP) is 6.31. The molecule has 1 aliphatic heterocycles. The molecule has 0 spiro atoms. The van der Waals surface area contributed by atoms with Gasteiger partial charge in [-0.2, -0.15) is 0 Å². The highest BCUT2D eigenvalue weighted by Gasteiger charge is 2.14. The minimum absolute atomic E-state index is 0.202. The molecule has 5 heteroatoms. The Labute approximate surface area is 185 Å². The molecule has 4 rings (SSSR count). The first-order valence-electron chi connectivity index (χ1n) is 11.1. The van der Waals surface area contributed by atoms with Crippen LogP contribution in [0.2, 0.25) is 0 Å². The number of nitrogens with zero attached hydrogens (tertiary/aromatic N) is 2. The van der Waals surface area contributed by atoms with E-state index in [0.717, 1.165) is 41.6 Å². The van der Waals surface area contributed by atoms with Crippen LogP contribution in [0.15, 0.2) is 60.8 Å². The average molecular weight is 417 g/mol. The largest absolute Gasteiger partial charge is 0.494 e. The number of methoxy groups -OCH3 is 1. The fourth-order valence-electron chi connectivity index (χ4n) is 4.08. The summed E-state index contributed by atoms with van der Waals surface area (Å²) in [5, 5.41) is 7.06. The van der Waals surface area contributed by atoms with E-state index in [2.05, 4.69) is 82.9 Å². The van der Waals surface area contributed by atoms with Crippen molar-refractivity contribution in [2.75, 3.05) is 35.7 Å². The number of hydrogen-bond acceptors (Lipinski definition) is 5. The molecule has 1 aromatic heterocycles. The summed E-state index contributed by atoms with van der Waals surface area (Å²) in [5.41, 5.74) is 5.57. The van der Waals surface area contributed by atoms with Gasteiger partial charge in [-0.3, -0.25) is 0 Å². The summed E-state index contributed by atoms with van der Waals surface area (Å²) in [5.74, 6) is 1.62. The zero-order valence-electron chi connectivity index (χ0n) is 18.7. The van der Waals surface area contributed by atoms with Crippen molar-refractivity contribution in [1.29, 1.82) is 0 Å². The van der Waals surface area contributed by atoms with E-state index in [1.165, 1.54) is 30.5 Å². The van der Waals surface area contributed by atoms with E-state index in [-0.39, 0.29) is 6.04 Å². The smallest absolute Gasteiger partial charge is 0.144 e. The van der Waals surface area contributed by atoms with Crippen LogP contribution in [-0.4, -0.2) is 25.2 Å². The lowest BCUT2D eigenvalue weighted by atomic mass is 10.1. The molecule has 0 amide bonds. The van der Waals surface area contributed by atoms with Gasteiger partial charge >= 0.3 is 0 Å². The molecule has 0 saturated carbocycles. The second-order valence-corrected chi connectivity index (χ2v) is 8.22. The molecule has 2 N–H and O–H groups in total. The molecule has 0 aliphatic carbocycles. The highest BCUT2D eigenvalue weighted by Crippen LogP contribution is 2.33. The fourth-order valence-corrected chi connectivity index (χ4v) is 4.08. The predicted molar refractivity (Wildman–Crippen MR) is 130 cm³/mol. The summed E-state index contributed by atoms with van der Waals surface area (Å²) in [4.78, 5) is 7.02. The minimum atomic E-state index is 0.202. The monoisotopic (exact) mass is 416 g/mol. The van der Waals surface area contributed by atoms with E-state index in [9.17, 15) is 0 Å². The van der Waals surface area contributed by atoms with E-state index >= 15 is 0 Å². The summed E-state index contributed by atoms with van der Waals surface area (Å²) in [6, 6.07) is 19.1. The molecule has 1 aliphatic rings. The van der Waals surface area contributed by atoms with Gasteiger partial charge in [0, 0.05) is 48.8 Å². The van der Waals surface area contributed by atoms with Crippen molar-refractivity contribution in [3.8, 4) is 5.75 Å². The number of rotatable bonds is 7. The molecule has 1 saturated heterocycles. The van der Waals surface area contributed by atoms with Gasteiger partial charge in [-0.15, -0.1) is 0 Å². The third-order valence-corrected chi connectivity index (χ3v) is 5.94.